The maximum absolute atomic E-state index is 14.2. The standard InChI is InChI=1S/C23H13F2NO2/c24-16-9-15-8-14-7-12-5-6-13(17-3-1-2-4-20(17)25)10-18(12)21(14)26-22(15)19(11-16)23(27)28/h1-11,26H,(H,27,28). The Morgan fingerprint density at radius 1 is 0.857 bits per heavy atom. The summed E-state index contributed by atoms with van der Waals surface area (Å²) >= 11 is 0. The van der Waals surface area contributed by atoms with Crippen LogP contribution in [0.4, 0.5) is 8.78 Å². The number of aromatic carboxylic acids is 1. The lowest BCUT2D eigenvalue weighted by atomic mass is 10.0. The van der Waals surface area contributed by atoms with Crippen LogP contribution in [0.25, 0.3) is 44.1 Å². The molecule has 2 aliphatic rings. The minimum absolute atomic E-state index is 0.128. The summed E-state index contributed by atoms with van der Waals surface area (Å²) in [5.41, 5.74) is 3.00. The molecule has 3 aromatic rings. The highest BCUT2D eigenvalue weighted by molar-refractivity contribution is 6.08. The third kappa shape index (κ3) is 2.44. The predicted molar refractivity (Wildman–Crippen MR) is 105 cm³/mol. The van der Waals surface area contributed by atoms with Crippen LogP contribution in [0.1, 0.15) is 10.4 Å². The minimum Gasteiger partial charge on any atom is -0.478 e. The molecule has 0 saturated heterocycles. The summed E-state index contributed by atoms with van der Waals surface area (Å²) in [4.78, 5) is 14.7. The van der Waals surface area contributed by atoms with Gasteiger partial charge in [-0.3, -0.25) is 0 Å². The first-order chi connectivity index (χ1) is 13.5. The molecule has 0 unspecified atom stereocenters. The van der Waals surface area contributed by atoms with Crippen LogP contribution in [0, 0.1) is 11.6 Å². The number of H-pyrrole nitrogens is 1. The van der Waals surface area contributed by atoms with Gasteiger partial charge in [0.05, 0.1) is 16.8 Å². The fraction of sp³-hybridized carbons (Fsp3) is 0. The number of carboxylic acid groups (broad SMARTS) is 1. The summed E-state index contributed by atoms with van der Waals surface area (Å²) in [5.74, 6) is -2.12. The molecule has 0 fully saturated rings. The number of hydrogen-bond acceptors (Lipinski definition) is 1. The summed E-state index contributed by atoms with van der Waals surface area (Å²) in [6.07, 6.45) is 0. The van der Waals surface area contributed by atoms with Gasteiger partial charge in [-0.1, -0.05) is 30.3 Å². The van der Waals surface area contributed by atoms with Crippen molar-refractivity contribution in [3.8, 4) is 22.4 Å². The van der Waals surface area contributed by atoms with Crippen LogP contribution in [-0.4, -0.2) is 16.1 Å². The van der Waals surface area contributed by atoms with Crippen molar-refractivity contribution in [3.05, 3.63) is 83.9 Å². The zero-order chi connectivity index (χ0) is 19.4. The normalized spacial score (nSPS) is 11.5. The van der Waals surface area contributed by atoms with Crippen molar-refractivity contribution >= 4 is 27.6 Å². The first kappa shape index (κ1) is 16.4. The Bertz CT molecular complexity index is 1370. The topological polar surface area (TPSA) is 53.1 Å². The molecule has 0 saturated carbocycles. The molecular formula is C23H13F2NO2. The van der Waals surface area contributed by atoms with Crippen molar-refractivity contribution in [1.29, 1.82) is 0 Å². The number of aromatic amines is 1. The van der Waals surface area contributed by atoms with Gasteiger partial charge in [0.25, 0.3) is 0 Å². The van der Waals surface area contributed by atoms with Crippen molar-refractivity contribution < 1.29 is 18.7 Å². The first-order valence-electron chi connectivity index (χ1n) is 8.68. The van der Waals surface area contributed by atoms with Gasteiger partial charge in [0.1, 0.15) is 11.6 Å². The van der Waals surface area contributed by atoms with E-state index >= 15 is 0 Å². The van der Waals surface area contributed by atoms with Gasteiger partial charge >= 0.3 is 5.97 Å². The number of halogens is 2. The fourth-order valence-electron chi connectivity index (χ4n) is 3.75. The Morgan fingerprint density at radius 3 is 2.43 bits per heavy atom. The molecule has 0 bridgehead atoms. The second-order valence-corrected chi connectivity index (χ2v) is 6.75. The van der Waals surface area contributed by atoms with Gasteiger partial charge in [-0.25, -0.2) is 13.6 Å². The smallest absolute Gasteiger partial charge is 0.337 e. The van der Waals surface area contributed by atoms with Crippen molar-refractivity contribution in [2.24, 2.45) is 0 Å². The van der Waals surface area contributed by atoms with E-state index in [1.54, 1.807) is 24.3 Å². The summed E-state index contributed by atoms with van der Waals surface area (Å²) in [5, 5.41) is 11.7. The quantitative estimate of drug-likeness (QED) is 0.395. The van der Waals surface area contributed by atoms with E-state index in [1.165, 1.54) is 12.1 Å². The molecule has 3 nitrogen and oxygen atoms in total. The molecule has 0 spiro atoms. The van der Waals surface area contributed by atoms with Crippen LogP contribution in [0.5, 0.6) is 0 Å². The van der Waals surface area contributed by atoms with E-state index in [1.807, 2.05) is 24.3 Å². The number of rotatable bonds is 2. The highest BCUT2D eigenvalue weighted by Gasteiger charge is 2.17. The van der Waals surface area contributed by atoms with Crippen LogP contribution in [0.15, 0.2) is 66.7 Å². The van der Waals surface area contributed by atoms with Crippen LogP contribution < -0.4 is 0 Å². The maximum atomic E-state index is 14.2. The highest BCUT2D eigenvalue weighted by atomic mass is 19.1. The lowest BCUT2D eigenvalue weighted by Gasteiger charge is -2.09. The Hall–Kier alpha value is -3.73. The van der Waals surface area contributed by atoms with Crippen LogP contribution in [-0.2, 0) is 0 Å². The number of benzene rings is 3. The second kappa shape index (κ2) is 5.89. The van der Waals surface area contributed by atoms with Crippen molar-refractivity contribution in [2.45, 2.75) is 0 Å². The van der Waals surface area contributed by atoms with Gasteiger partial charge in [-0.2, -0.15) is 0 Å². The van der Waals surface area contributed by atoms with E-state index in [0.717, 1.165) is 33.7 Å². The largest absolute Gasteiger partial charge is 0.478 e. The molecule has 28 heavy (non-hydrogen) atoms. The molecule has 5 rings (SSSR count). The van der Waals surface area contributed by atoms with E-state index in [2.05, 4.69) is 4.98 Å². The van der Waals surface area contributed by atoms with E-state index in [9.17, 15) is 18.7 Å². The summed E-state index contributed by atoms with van der Waals surface area (Å²) < 4.78 is 28.0. The first-order valence-corrected chi connectivity index (χ1v) is 8.68. The van der Waals surface area contributed by atoms with Gasteiger partial charge in [0.2, 0.25) is 0 Å². The molecule has 0 aromatic heterocycles. The average Bonchev–Trinajstić information content (AvgIpc) is 3.02. The number of carbonyl (C=O) groups is 1. The molecule has 136 valence electrons. The van der Waals surface area contributed by atoms with Crippen LogP contribution in [0.3, 0.4) is 0 Å². The van der Waals surface area contributed by atoms with Gasteiger partial charge in [-0.15, -0.1) is 0 Å². The number of nitrogens with one attached hydrogen (secondary N) is 1. The van der Waals surface area contributed by atoms with Crippen molar-refractivity contribution in [2.75, 3.05) is 0 Å². The Balaban J connectivity index is 1.83. The Kier molecular flexibility index (Phi) is 3.46. The molecular weight excluding hydrogens is 360 g/mol. The molecule has 2 N–H and O–H groups in total. The molecule has 0 amide bonds. The highest BCUT2D eigenvalue weighted by Crippen LogP contribution is 2.38. The zero-order valence-electron chi connectivity index (χ0n) is 14.5. The van der Waals surface area contributed by atoms with Crippen molar-refractivity contribution in [3.63, 3.8) is 0 Å². The monoisotopic (exact) mass is 373 g/mol. The predicted octanol–water partition coefficient (Wildman–Crippen LogP) is 6.07. The molecule has 1 aliphatic heterocycles. The number of carboxylic acids is 1. The van der Waals surface area contributed by atoms with Gasteiger partial charge < -0.3 is 10.1 Å². The third-order valence-electron chi connectivity index (χ3n) is 5.03. The number of hydrogen-bond donors (Lipinski definition) is 2. The molecule has 0 radical (unpaired) electrons. The van der Waals surface area contributed by atoms with Gasteiger partial charge in [0.15, 0.2) is 0 Å². The molecule has 1 aliphatic carbocycles. The molecule has 0 atom stereocenters. The molecule has 1 heterocycles. The van der Waals surface area contributed by atoms with E-state index in [-0.39, 0.29) is 11.4 Å². The second-order valence-electron chi connectivity index (χ2n) is 6.75. The van der Waals surface area contributed by atoms with Gasteiger partial charge in [-0.05, 0) is 52.9 Å². The number of fused-ring (bicyclic) bond motifs is 4. The number of pyridine rings is 1. The van der Waals surface area contributed by atoms with E-state index < -0.39 is 11.8 Å². The lowest BCUT2D eigenvalue weighted by molar-refractivity contribution is 0.0698. The summed E-state index contributed by atoms with van der Waals surface area (Å²) in [6.45, 7) is 0. The fourth-order valence-corrected chi connectivity index (χ4v) is 3.75. The molecule has 3 aromatic carbocycles. The zero-order valence-corrected chi connectivity index (χ0v) is 14.5. The number of aromatic nitrogens is 1. The Morgan fingerprint density at radius 2 is 1.64 bits per heavy atom. The van der Waals surface area contributed by atoms with Crippen molar-refractivity contribution in [1.82, 2.24) is 4.98 Å². The van der Waals surface area contributed by atoms with E-state index in [0.29, 0.717) is 16.5 Å². The molecule has 5 heteroatoms. The minimum atomic E-state index is -1.21. The average molecular weight is 373 g/mol. The van der Waals surface area contributed by atoms with E-state index in [4.69, 9.17) is 0 Å². The van der Waals surface area contributed by atoms with Crippen LogP contribution in [0.2, 0.25) is 0 Å². The SMILES string of the molecule is O=C(O)c1cc(F)cc2cc3cc4ccc(-c5ccccc5F)cc4c-3[nH]c12. The third-order valence-corrected chi connectivity index (χ3v) is 5.03. The van der Waals surface area contributed by atoms with Gasteiger partial charge in [0, 0.05) is 16.3 Å². The lowest BCUT2D eigenvalue weighted by Crippen LogP contribution is -2.01. The maximum Gasteiger partial charge on any atom is 0.337 e. The summed E-state index contributed by atoms with van der Waals surface area (Å²) in [6, 6.07) is 18.2. The van der Waals surface area contributed by atoms with Crippen LogP contribution >= 0.6 is 0 Å². The summed E-state index contributed by atoms with van der Waals surface area (Å²) in [7, 11) is 0. The Labute approximate surface area is 158 Å².